The second kappa shape index (κ2) is 5.14. The highest BCUT2D eigenvalue weighted by Gasteiger charge is 2.24. The van der Waals surface area contributed by atoms with E-state index in [2.05, 4.69) is 0 Å². The van der Waals surface area contributed by atoms with E-state index in [4.69, 9.17) is 0 Å². The molecule has 1 heterocycles. The molecule has 1 aliphatic rings. The summed E-state index contributed by atoms with van der Waals surface area (Å²) in [4.78, 5) is 23.6. The number of β-amino-alcohol motifs (C(OH)–C–C–N with tert-alkyl or cyclic N) is 1. The maximum atomic E-state index is 11.9. The Morgan fingerprint density at radius 1 is 1.56 bits per heavy atom. The molecular formula is C12H14N2O4. The van der Waals surface area contributed by atoms with Gasteiger partial charge in [0.1, 0.15) is 0 Å². The van der Waals surface area contributed by atoms with Crippen molar-refractivity contribution in [2.24, 2.45) is 0 Å². The number of amides is 1. The van der Waals surface area contributed by atoms with Gasteiger partial charge in [0.05, 0.1) is 17.4 Å². The first kappa shape index (κ1) is 12.5. The fraction of sp³-hybridized carbons (Fsp3) is 0.417. The number of non-ortho nitro benzene ring substituents is 1. The highest BCUT2D eigenvalue weighted by molar-refractivity contribution is 5.79. The monoisotopic (exact) mass is 250 g/mol. The van der Waals surface area contributed by atoms with Crippen LogP contribution in [0.5, 0.6) is 0 Å². The van der Waals surface area contributed by atoms with Crippen molar-refractivity contribution in [1.29, 1.82) is 0 Å². The van der Waals surface area contributed by atoms with Crippen molar-refractivity contribution in [3.05, 3.63) is 39.9 Å². The van der Waals surface area contributed by atoms with Gasteiger partial charge in [0.15, 0.2) is 0 Å². The Kier molecular flexibility index (Phi) is 3.57. The van der Waals surface area contributed by atoms with Crippen LogP contribution in [-0.4, -0.2) is 40.0 Å². The minimum absolute atomic E-state index is 0.0123. The van der Waals surface area contributed by atoms with Crippen molar-refractivity contribution in [3.8, 4) is 0 Å². The van der Waals surface area contributed by atoms with Crippen molar-refractivity contribution in [2.75, 3.05) is 13.1 Å². The molecule has 96 valence electrons. The normalized spacial score (nSPS) is 18.9. The number of nitro groups is 1. The fourth-order valence-electron chi connectivity index (χ4n) is 2.03. The molecule has 6 nitrogen and oxygen atoms in total. The van der Waals surface area contributed by atoms with Crippen LogP contribution < -0.4 is 0 Å². The molecule has 1 aromatic carbocycles. The van der Waals surface area contributed by atoms with Crippen LogP contribution in [0.1, 0.15) is 12.0 Å². The Bertz CT molecular complexity index is 475. The molecule has 0 aromatic heterocycles. The van der Waals surface area contributed by atoms with E-state index in [9.17, 15) is 20.0 Å². The number of carbonyl (C=O) groups excluding carboxylic acids is 1. The van der Waals surface area contributed by atoms with E-state index in [0.29, 0.717) is 25.1 Å². The largest absolute Gasteiger partial charge is 0.391 e. The number of nitro benzene ring substituents is 1. The third kappa shape index (κ3) is 2.84. The SMILES string of the molecule is O=C(Cc1cccc([N+](=O)[O-])c1)N1CCC(O)C1. The van der Waals surface area contributed by atoms with Crippen LogP contribution in [0.15, 0.2) is 24.3 Å². The first-order valence-corrected chi connectivity index (χ1v) is 5.75. The molecule has 1 aromatic rings. The van der Waals surface area contributed by atoms with Crippen LogP contribution in [0.2, 0.25) is 0 Å². The van der Waals surface area contributed by atoms with Crippen LogP contribution >= 0.6 is 0 Å². The van der Waals surface area contributed by atoms with Gasteiger partial charge in [-0.05, 0) is 12.0 Å². The molecule has 1 amide bonds. The lowest BCUT2D eigenvalue weighted by molar-refractivity contribution is -0.384. The standard InChI is InChI=1S/C12H14N2O4/c15-11-4-5-13(8-11)12(16)7-9-2-1-3-10(6-9)14(17)18/h1-3,6,11,15H,4-5,7-8H2. The number of aliphatic hydroxyl groups is 1. The Morgan fingerprint density at radius 3 is 2.94 bits per heavy atom. The lowest BCUT2D eigenvalue weighted by atomic mass is 10.1. The smallest absolute Gasteiger partial charge is 0.269 e. The number of carbonyl (C=O) groups is 1. The number of hydrogen-bond donors (Lipinski definition) is 1. The summed E-state index contributed by atoms with van der Waals surface area (Å²) < 4.78 is 0. The molecule has 2 rings (SSSR count). The molecule has 1 N–H and O–H groups in total. The molecule has 0 saturated carbocycles. The third-order valence-electron chi connectivity index (χ3n) is 2.99. The number of rotatable bonds is 3. The Balaban J connectivity index is 2.03. The van der Waals surface area contributed by atoms with E-state index in [1.165, 1.54) is 12.1 Å². The van der Waals surface area contributed by atoms with Crippen LogP contribution in [-0.2, 0) is 11.2 Å². The molecular weight excluding hydrogens is 236 g/mol. The quantitative estimate of drug-likeness (QED) is 0.633. The van der Waals surface area contributed by atoms with E-state index >= 15 is 0 Å². The van der Waals surface area contributed by atoms with Gasteiger partial charge < -0.3 is 10.0 Å². The van der Waals surface area contributed by atoms with Gasteiger partial charge >= 0.3 is 0 Å². The minimum atomic E-state index is -0.479. The van der Waals surface area contributed by atoms with Crippen molar-refractivity contribution in [1.82, 2.24) is 4.90 Å². The Labute approximate surface area is 104 Å². The maximum absolute atomic E-state index is 11.9. The molecule has 1 saturated heterocycles. The van der Waals surface area contributed by atoms with Gasteiger partial charge in [-0.1, -0.05) is 12.1 Å². The molecule has 1 fully saturated rings. The maximum Gasteiger partial charge on any atom is 0.269 e. The highest BCUT2D eigenvalue weighted by atomic mass is 16.6. The summed E-state index contributed by atoms with van der Waals surface area (Å²) in [6.45, 7) is 0.905. The van der Waals surface area contributed by atoms with Gasteiger partial charge in [0.25, 0.3) is 5.69 Å². The zero-order valence-corrected chi connectivity index (χ0v) is 9.78. The van der Waals surface area contributed by atoms with Crippen molar-refractivity contribution in [2.45, 2.75) is 18.9 Å². The summed E-state index contributed by atoms with van der Waals surface area (Å²) in [6.07, 6.45) is 0.286. The summed E-state index contributed by atoms with van der Waals surface area (Å²) in [5.41, 5.74) is 0.609. The van der Waals surface area contributed by atoms with E-state index in [1.54, 1.807) is 17.0 Å². The van der Waals surface area contributed by atoms with E-state index in [-0.39, 0.29) is 18.0 Å². The van der Waals surface area contributed by atoms with E-state index < -0.39 is 11.0 Å². The molecule has 0 bridgehead atoms. The summed E-state index contributed by atoms with van der Waals surface area (Å²) in [5, 5.41) is 20.0. The number of hydrogen-bond acceptors (Lipinski definition) is 4. The van der Waals surface area contributed by atoms with Crippen LogP contribution in [0.3, 0.4) is 0 Å². The summed E-state index contributed by atoms with van der Waals surface area (Å²) >= 11 is 0. The van der Waals surface area contributed by atoms with Crippen molar-refractivity contribution in [3.63, 3.8) is 0 Å². The predicted molar refractivity (Wildman–Crippen MR) is 64.0 cm³/mol. The van der Waals surface area contributed by atoms with Crippen molar-refractivity contribution >= 4 is 11.6 Å². The predicted octanol–water partition coefficient (Wildman–Crippen LogP) is 0.730. The zero-order chi connectivity index (χ0) is 13.1. The lowest BCUT2D eigenvalue weighted by Gasteiger charge is -2.15. The second-order valence-corrected chi connectivity index (χ2v) is 4.39. The average Bonchev–Trinajstić information content (AvgIpc) is 2.76. The van der Waals surface area contributed by atoms with Crippen LogP contribution in [0.4, 0.5) is 5.69 Å². The molecule has 1 atom stereocenters. The molecule has 1 aliphatic heterocycles. The van der Waals surface area contributed by atoms with Crippen LogP contribution in [0.25, 0.3) is 0 Å². The second-order valence-electron chi connectivity index (χ2n) is 4.39. The lowest BCUT2D eigenvalue weighted by Crippen LogP contribution is -2.30. The fourth-order valence-corrected chi connectivity index (χ4v) is 2.03. The molecule has 1 unspecified atom stereocenters. The molecule has 18 heavy (non-hydrogen) atoms. The average molecular weight is 250 g/mol. The third-order valence-corrected chi connectivity index (χ3v) is 2.99. The Hall–Kier alpha value is -1.95. The summed E-state index contributed by atoms with van der Waals surface area (Å²) in [7, 11) is 0. The van der Waals surface area contributed by atoms with E-state index in [0.717, 1.165) is 0 Å². The molecule has 0 spiro atoms. The van der Waals surface area contributed by atoms with Gasteiger partial charge in [-0.3, -0.25) is 14.9 Å². The molecule has 0 radical (unpaired) electrons. The number of benzene rings is 1. The van der Waals surface area contributed by atoms with Gasteiger partial charge in [-0.2, -0.15) is 0 Å². The van der Waals surface area contributed by atoms with Crippen molar-refractivity contribution < 1.29 is 14.8 Å². The number of aliphatic hydroxyl groups excluding tert-OH is 1. The van der Waals surface area contributed by atoms with Gasteiger partial charge in [0.2, 0.25) is 5.91 Å². The minimum Gasteiger partial charge on any atom is -0.391 e. The number of nitrogens with zero attached hydrogens (tertiary/aromatic N) is 2. The topological polar surface area (TPSA) is 83.7 Å². The van der Waals surface area contributed by atoms with Gasteiger partial charge in [-0.15, -0.1) is 0 Å². The Morgan fingerprint density at radius 2 is 2.33 bits per heavy atom. The van der Waals surface area contributed by atoms with E-state index in [1.807, 2.05) is 0 Å². The zero-order valence-electron chi connectivity index (χ0n) is 9.78. The summed E-state index contributed by atoms with van der Waals surface area (Å²) in [5.74, 6) is -0.105. The van der Waals surface area contributed by atoms with Gasteiger partial charge in [-0.25, -0.2) is 0 Å². The first-order valence-electron chi connectivity index (χ1n) is 5.75. The van der Waals surface area contributed by atoms with Crippen LogP contribution in [0, 0.1) is 10.1 Å². The molecule has 6 heteroatoms. The van der Waals surface area contributed by atoms with Gasteiger partial charge in [0, 0.05) is 25.2 Å². The summed E-state index contributed by atoms with van der Waals surface area (Å²) in [6, 6.07) is 6.06. The molecule has 0 aliphatic carbocycles. The number of likely N-dealkylation sites (tertiary alicyclic amines) is 1. The first-order chi connectivity index (χ1) is 8.56. The highest BCUT2D eigenvalue weighted by Crippen LogP contribution is 2.16.